The molecule has 0 unspecified atom stereocenters. The number of aromatic nitrogens is 1. The van der Waals surface area contributed by atoms with Crippen LogP contribution in [0.15, 0.2) is 24.4 Å². The number of pyridine rings is 1. The Labute approximate surface area is 112 Å². The summed E-state index contributed by atoms with van der Waals surface area (Å²) < 4.78 is 0. The molecule has 1 aliphatic heterocycles. The summed E-state index contributed by atoms with van der Waals surface area (Å²) in [5, 5.41) is 3.02. The van der Waals surface area contributed by atoms with Crippen molar-refractivity contribution in [3.8, 4) is 0 Å². The highest BCUT2D eigenvalue weighted by molar-refractivity contribution is 6.18. The van der Waals surface area contributed by atoms with Gasteiger partial charge in [-0.3, -0.25) is 4.79 Å². The highest BCUT2D eigenvalue weighted by Gasteiger charge is 2.20. The van der Waals surface area contributed by atoms with E-state index in [1.807, 2.05) is 24.4 Å². The normalized spacial score (nSPS) is 16.6. The average molecular weight is 268 g/mol. The van der Waals surface area contributed by atoms with E-state index < -0.39 is 0 Å². The number of hydrogen-bond donors (Lipinski definition) is 1. The third-order valence-corrected chi connectivity index (χ3v) is 3.34. The first-order valence-corrected chi connectivity index (χ1v) is 6.84. The van der Waals surface area contributed by atoms with Gasteiger partial charge in [0.15, 0.2) is 0 Å². The number of piperidine rings is 1. The average Bonchev–Trinajstić information content (AvgIpc) is 2.41. The van der Waals surface area contributed by atoms with Gasteiger partial charge in [-0.1, -0.05) is 6.07 Å². The summed E-state index contributed by atoms with van der Waals surface area (Å²) >= 11 is 5.54. The van der Waals surface area contributed by atoms with Gasteiger partial charge in [0.2, 0.25) is 5.91 Å². The molecule has 1 N–H and O–H groups in total. The molecule has 98 valence electrons. The van der Waals surface area contributed by atoms with Crippen molar-refractivity contribution >= 4 is 23.3 Å². The van der Waals surface area contributed by atoms with Crippen molar-refractivity contribution in [2.45, 2.75) is 25.3 Å². The Morgan fingerprint density at radius 3 is 2.83 bits per heavy atom. The van der Waals surface area contributed by atoms with Gasteiger partial charge in [-0.25, -0.2) is 4.98 Å². The van der Waals surface area contributed by atoms with E-state index in [9.17, 15) is 4.79 Å². The van der Waals surface area contributed by atoms with Gasteiger partial charge in [0.05, 0.1) is 0 Å². The lowest BCUT2D eigenvalue weighted by Crippen LogP contribution is -2.45. The van der Waals surface area contributed by atoms with E-state index in [-0.39, 0.29) is 11.9 Å². The van der Waals surface area contributed by atoms with E-state index in [0.29, 0.717) is 12.3 Å². The predicted molar refractivity (Wildman–Crippen MR) is 73.0 cm³/mol. The van der Waals surface area contributed by atoms with Crippen molar-refractivity contribution in [1.82, 2.24) is 10.3 Å². The van der Waals surface area contributed by atoms with Crippen molar-refractivity contribution in [1.29, 1.82) is 0 Å². The van der Waals surface area contributed by atoms with Crippen LogP contribution in [0.1, 0.15) is 19.3 Å². The second-order valence-corrected chi connectivity index (χ2v) is 4.83. The minimum atomic E-state index is 0.0567. The zero-order valence-corrected chi connectivity index (χ0v) is 11.1. The Kier molecular flexibility index (Phi) is 4.81. The number of rotatable bonds is 4. The fourth-order valence-electron chi connectivity index (χ4n) is 2.18. The van der Waals surface area contributed by atoms with Crippen LogP contribution in [0.5, 0.6) is 0 Å². The second kappa shape index (κ2) is 6.59. The van der Waals surface area contributed by atoms with Crippen LogP contribution in [0, 0.1) is 0 Å². The number of anilines is 1. The zero-order valence-electron chi connectivity index (χ0n) is 10.3. The summed E-state index contributed by atoms with van der Waals surface area (Å²) in [6.45, 7) is 1.87. The van der Waals surface area contributed by atoms with Crippen LogP contribution in [-0.2, 0) is 4.79 Å². The summed E-state index contributed by atoms with van der Waals surface area (Å²) in [5.41, 5.74) is 0. The molecule has 1 aliphatic rings. The van der Waals surface area contributed by atoms with Gasteiger partial charge in [-0.05, 0) is 25.0 Å². The Hall–Kier alpha value is -1.29. The maximum atomic E-state index is 11.4. The third kappa shape index (κ3) is 3.60. The molecule has 1 aromatic heterocycles. The van der Waals surface area contributed by atoms with E-state index in [1.165, 1.54) is 0 Å². The largest absolute Gasteiger partial charge is 0.356 e. The summed E-state index contributed by atoms with van der Waals surface area (Å²) in [6.07, 6.45) is 4.14. The van der Waals surface area contributed by atoms with Gasteiger partial charge >= 0.3 is 0 Å². The molecule has 1 fully saturated rings. The van der Waals surface area contributed by atoms with Crippen LogP contribution in [0.4, 0.5) is 5.82 Å². The van der Waals surface area contributed by atoms with Crippen molar-refractivity contribution in [2.24, 2.45) is 0 Å². The lowest BCUT2D eigenvalue weighted by atomic mass is 10.0. The molecule has 5 heteroatoms. The number of carbonyl (C=O) groups is 1. The van der Waals surface area contributed by atoms with Crippen LogP contribution in [0.3, 0.4) is 0 Å². The molecule has 2 heterocycles. The molecule has 4 nitrogen and oxygen atoms in total. The van der Waals surface area contributed by atoms with E-state index >= 15 is 0 Å². The van der Waals surface area contributed by atoms with E-state index in [2.05, 4.69) is 15.2 Å². The second-order valence-electron chi connectivity index (χ2n) is 4.46. The summed E-state index contributed by atoms with van der Waals surface area (Å²) in [4.78, 5) is 18.0. The first kappa shape index (κ1) is 13.1. The Bertz CT molecular complexity index is 377. The quantitative estimate of drug-likeness (QED) is 0.846. The van der Waals surface area contributed by atoms with Crippen molar-refractivity contribution in [3.63, 3.8) is 0 Å². The van der Waals surface area contributed by atoms with E-state index in [0.717, 1.165) is 31.7 Å². The molecular formula is C13H18ClN3O. The lowest BCUT2D eigenvalue weighted by Gasteiger charge is -2.33. The molecule has 1 aromatic rings. The molecule has 0 atom stereocenters. The van der Waals surface area contributed by atoms with Gasteiger partial charge in [-0.15, -0.1) is 11.6 Å². The highest BCUT2D eigenvalue weighted by atomic mass is 35.5. The third-order valence-electron chi connectivity index (χ3n) is 3.15. The van der Waals surface area contributed by atoms with Gasteiger partial charge in [0.1, 0.15) is 5.82 Å². The number of nitrogens with zero attached hydrogens (tertiary/aromatic N) is 2. The van der Waals surface area contributed by atoms with Crippen LogP contribution in [0.2, 0.25) is 0 Å². The number of nitrogens with one attached hydrogen (secondary N) is 1. The predicted octanol–water partition coefficient (Wildman–Crippen LogP) is 1.80. The molecule has 2 rings (SSSR count). The SMILES string of the molecule is O=C(CCCl)NC1CCN(c2ccccn2)CC1. The minimum absolute atomic E-state index is 0.0567. The fourth-order valence-corrected chi connectivity index (χ4v) is 2.35. The van der Waals surface area contributed by atoms with Crippen LogP contribution >= 0.6 is 11.6 Å². The summed E-state index contributed by atoms with van der Waals surface area (Å²) in [7, 11) is 0. The lowest BCUT2D eigenvalue weighted by molar-refractivity contribution is -0.121. The molecular weight excluding hydrogens is 250 g/mol. The molecule has 0 saturated carbocycles. The number of amides is 1. The highest BCUT2D eigenvalue weighted by Crippen LogP contribution is 2.17. The zero-order chi connectivity index (χ0) is 12.8. The van der Waals surface area contributed by atoms with Gasteiger partial charge in [0, 0.05) is 37.6 Å². The van der Waals surface area contributed by atoms with Crippen molar-refractivity contribution in [2.75, 3.05) is 23.9 Å². The fraction of sp³-hybridized carbons (Fsp3) is 0.538. The molecule has 0 aliphatic carbocycles. The van der Waals surface area contributed by atoms with E-state index in [4.69, 9.17) is 11.6 Å². The Balaban J connectivity index is 1.80. The van der Waals surface area contributed by atoms with Crippen molar-refractivity contribution < 1.29 is 4.79 Å². The Morgan fingerprint density at radius 2 is 2.22 bits per heavy atom. The monoisotopic (exact) mass is 267 g/mol. The smallest absolute Gasteiger partial charge is 0.221 e. The maximum Gasteiger partial charge on any atom is 0.221 e. The van der Waals surface area contributed by atoms with Crippen LogP contribution in [-0.4, -0.2) is 35.9 Å². The molecule has 0 bridgehead atoms. The number of alkyl halides is 1. The summed E-state index contributed by atoms with van der Waals surface area (Å²) in [5.74, 6) is 1.46. The summed E-state index contributed by atoms with van der Waals surface area (Å²) in [6, 6.07) is 6.21. The molecule has 1 saturated heterocycles. The molecule has 18 heavy (non-hydrogen) atoms. The topological polar surface area (TPSA) is 45.2 Å². The van der Waals surface area contributed by atoms with Gasteiger partial charge < -0.3 is 10.2 Å². The van der Waals surface area contributed by atoms with Gasteiger partial charge in [-0.2, -0.15) is 0 Å². The van der Waals surface area contributed by atoms with Gasteiger partial charge in [0.25, 0.3) is 0 Å². The van der Waals surface area contributed by atoms with E-state index in [1.54, 1.807) is 0 Å². The number of hydrogen-bond acceptors (Lipinski definition) is 3. The molecule has 1 amide bonds. The van der Waals surface area contributed by atoms with Crippen molar-refractivity contribution in [3.05, 3.63) is 24.4 Å². The van der Waals surface area contributed by atoms with Crippen LogP contribution in [0.25, 0.3) is 0 Å². The number of halogens is 1. The standard InChI is InChI=1S/C13H18ClN3O/c14-7-4-13(18)16-11-5-9-17(10-6-11)12-3-1-2-8-15-12/h1-3,8,11H,4-7,9-10H2,(H,16,18). The first-order valence-electron chi connectivity index (χ1n) is 6.31. The molecule has 0 aromatic carbocycles. The molecule has 0 spiro atoms. The number of carbonyl (C=O) groups excluding carboxylic acids is 1. The maximum absolute atomic E-state index is 11.4. The minimum Gasteiger partial charge on any atom is -0.356 e. The molecule has 0 radical (unpaired) electrons. The Morgan fingerprint density at radius 1 is 1.44 bits per heavy atom. The van der Waals surface area contributed by atoms with Crippen LogP contribution < -0.4 is 10.2 Å². The first-order chi connectivity index (χ1) is 8.79.